The Bertz CT molecular complexity index is 1070. The molecule has 0 bridgehead atoms. The Balaban J connectivity index is 3.12. The molecule has 14 N–H and O–H groups in total. The van der Waals surface area contributed by atoms with Gasteiger partial charge < -0.3 is 49.7 Å². The van der Waals surface area contributed by atoms with Crippen molar-refractivity contribution in [3.8, 4) is 0 Å². The molecule has 42 heavy (non-hydrogen) atoms. The normalized spacial score (nSPS) is 13.6. The lowest BCUT2D eigenvalue weighted by Crippen LogP contribution is -2.57. The summed E-state index contributed by atoms with van der Waals surface area (Å²) < 4.78 is 0. The van der Waals surface area contributed by atoms with Crippen molar-refractivity contribution in [3.63, 3.8) is 0 Å². The number of carboxylic acids is 1. The van der Waals surface area contributed by atoms with E-state index in [1.807, 2.05) is 13.8 Å². The fraction of sp³-hybridized carbons (Fsp3) is 0.556. The highest BCUT2D eigenvalue weighted by Crippen LogP contribution is 2.08. The SMILES string of the molecule is CC(C)CC(N)C(=O)NC(CCCN=C(N)N)C(=O)NC(CCCN=C(N)N)C(=O)NC(Cc1ccccc1)C(=O)O. The summed E-state index contributed by atoms with van der Waals surface area (Å²) in [7, 11) is 0. The van der Waals surface area contributed by atoms with E-state index in [4.69, 9.17) is 28.7 Å². The number of rotatable bonds is 19. The Morgan fingerprint density at radius 3 is 1.64 bits per heavy atom. The molecule has 0 saturated carbocycles. The fourth-order valence-corrected chi connectivity index (χ4v) is 4.03. The van der Waals surface area contributed by atoms with Crippen molar-refractivity contribution in [2.24, 2.45) is 44.6 Å². The molecule has 15 heteroatoms. The lowest BCUT2D eigenvalue weighted by molar-refractivity contribution is -0.142. The molecule has 1 aromatic carbocycles. The maximum Gasteiger partial charge on any atom is 0.326 e. The Labute approximate surface area is 246 Å². The first-order valence-corrected chi connectivity index (χ1v) is 13.8. The first-order chi connectivity index (χ1) is 19.8. The van der Waals surface area contributed by atoms with E-state index in [2.05, 4.69) is 25.9 Å². The predicted octanol–water partition coefficient (Wildman–Crippen LogP) is -1.75. The molecule has 0 aliphatic heterocycles. The maximum absolute atomic E-state index is 13.4. The molecule has 1 rings (SSSR count). The summed E-state index contributed by atoms with van der Waals surface area (Å²) in [6.45, 7) is 4.22. The Morgan fingerprint density at radius 1 is 0.762 bits per heavy atom. The van der Waals surface area contributed by atoms with Crippen LogP contribution in [-0.2, 0) is 25.6 Å². The zero-order chi connectivity index (χ0) is 31.7. The van der Waals surface area contributed by atoms with Crippen molar-refractivity contribution in [3.05, 3.63) is 35.9 Å². The van der Waals surface area contributed by atoms with Gasteiger partial charge in [0.25, 0.3) is 0 Å². The van der Waals surface area contributed by atoms with Crippen molar-refractivity contribution < 1.29 is 24.3 Å². The third kappa shape index (κ3) is 14.8. The van der Waals surface area contributed by atoms with Crippen LogP contribution >= 0.6 is 0 Å². The molecule has 0 aromatic heterocycles. The number of hydrogen-bond donors (Lipinski definition) is 9. The summed E-state index contributed by atoms with van der Waals surface area (Å²) in [5.74, 6) is -3.21. The van der Waals surface area contributed by atoms with Crippen molar-refractivity contribution >= 4 is 35.6 Å². The van der Waals surface area contributed by atoms with Gasteiger partial charge in [0.2, 0.25) is 17.7 Å². The molecule has 0 saturated heterocycles. The van der Waals surface area contributed by atoms with Crippen LogP contribution in [0.25, 0.3) is 0 Å². The van der Waals surface area contributed by atoms with E-state index in [1.165, 1.54) is 0 Å². The Morgan fingerprint density at radius 2 is 1.21 bits per heavy atom. The topological polar surface area (TPSA) is 279 Å². The molecule has 0 spiro atoms. The second-order valence-electron chi connectivity index (χ2n) is 10.3. The average molecular weight is 591 g/mol. The first kappa shape index (κ1) is 35.6. The molecule has 0 radical (unpaired) electrons. The zero-order valence-electron chi connectivity index (χ0n) is 24.3. The van der Waals surface area contributed by atoms with Gasteiger partial charge in [-0.2, -0.15) is 0 Å². The van der Waals surface area contributed by atoms with Gasteiger partial charge in [0.1, 0.15) is 18.1 Å². The highest BCUT2D eigenvalue weighted by molar-refractivity contribution is 5.94. The second-order valence-corrected chi connectivity index (χ2v) is 10.3. The van der Waals surface area contributed by atoms with Gasteiger partial charge in [0.05, 0.1) is 6.04 Å². The number of benzene rings is 1. The van der Waals surface area contributed by atoms with E-state index in [0.29, 0.717) is 24.8 Å². The number of nitrogens with zero attached hydrogens (tertiary/aromatic N) is 2. The van der Waals surface area contributed by atoms with Gasteiger partial charge in [-0.05, 0) is 43.6 Å². The lowest BCUT2D eigenvalue weighted by Gasteiger charge is -2.25. The summed E-state index contributed by atoms with van der Waals surface area (Å²) in [6.07, 6.45) is 1.32. The maximum atomic E-state index is 13.4. The van der Waals surface area contributed by atoms with E-state index in [-0.39, 0.29) is 50.2 Å². The van der Waals surface area contributed by atoms with Crippen LogP contribution in [0.15, 0.2) is 40.3 Å². The highest BCUT2D eigenvalue weighted by Gasteiger charge is 2.30. The number of nitrogens with one attached hydrogen (secondary N) is 3. The van der Waals surface area contributed by atoms with Crippen LogP contribution in [0.1, 0.15) is 51.5 Å². The summed E-state index contributed by atoms with van der Waals surface area (Å²) >= 11 is 0. The van der Waals surface area contributed by atoms with Crippen molar-refractivity contribution in [1.29, 1.82) is 0 Å². The van der Waals surface area contributed by atoms with Gasteiger partial charge in [-0.1, -0.05) is 44.2 Å². The van der Waals surface area contributed by atoms with Crippen molar-refractivity contribution in [1.82, 2.24) is 16.0 Å². The summed E-state index contributed by atoms with van der Waals surface area (Å²) in [5.41, 5.74) is 28.2. The van der Waals surface area contributed by atoms with E-state index in [0.717, 1.165) is 0 Å². The predicted molar refractivity (Wildman–Crippen MR) is 161 cm³/mol. The third-order valence-electron chi connectivity index (χ3n) is 6.12. The standard InChI is InChI=1S/C27H46N10O5/c1-16(2)14-18(28)22(38)35-19(10-6-12-33-26(29)30)23(39)36-20(11-7-13-34-27(31)32)24(40)37-21(25(41)42)15-17-8-4-3-5-9-17/h3-5,8-9,16,18-21H,6-7,10-15,28H2,1-2H3,(H,35,38)(H,36,39)(H,37,40)(H,41,42)(H4,29,30,33)(H4,31,32,34). The van der Waals surface area contributed by atoms with Gasteiger partial charge in [-0.25, -0.2) is 4.79 Å². The van der Waals surface area contributed by atoms with Crippen LogP contribution in [0.5, 0.6) is 0 Å². The van der Waals surface area contributed by atoms with Crippen molar-refractivity contribution in [2.75, 3.05) is 13.1 Å². The number of carboxylic acid groups (broad SMARTS) is 1. The molecule has 0 heterocycles. The Kier molecular flexibility index (Phi) is 16.0. The summed E-state index contributed by atoms with van der Waals surface area (Å²) in [4.78, 5) is 59.2. The van der Waals surface area contributed by atoms with Crippen LogP contribution in [0.2, 0.25) is 0 Å². The van der Waals surface area contributed by atoms with Gasteiger partial charge in [0.15, 0.2) is 11.9 Å². The number of hydrogen-bond acceptors (Lipinski definition) is 7. The monoisotopic (exact) mass is 590 g/mol. The number of aliphatic carboxylic acids is 1. The van der Waals surface area contributed by atoms with Gasteiger partial charge in [-0.3, -0.25) is 24.4 Å². The third-order valence-corrected chi connectivity index (χ3v) is 6.12. The molecule has 0 fully saturated rings. The van der Waals surface area contributed by atoms with Crippen LogP contribution in [-0.4, -0.2) is 78.0 Å². The largest absolute Gasteiger partial charge is 0.480 e. The van der Waals surface area contributed by atoms with Gasteiger partial charge in [0, 0.05) is 19.5 Å². The molecular formula is C27H46N10O5. The van der Waals surface area contributed by atoms with E-state index in [9.17, 15) is 24.3 Å². The zero-order valence-corrected chi connectivity index (χ0v) is 24.3. The molecule has 4 unspecified atom stereocenters. The first-order valence-electron chi connectivity index (χ1n) is 13.8. The molecule has 0 aliphatic carbocycles. The minimum Gasteiger partial charge on any atom is -0.480 e. The summed E-state index contributed by atoms with van der Waals surface area (Å²) in [6, 6.07) is 4.51. The number of aliphatic imine (C=N–C) groups is 2. The van der Waals surface area contributed by atoms with E-state index >= 15 is 0 Å². The molecule has 234 valence electrons. The Hall–Kier alpha value is -4.40. The second kappa shape index (κ2) is 18.9. The van der Waals surface area contributed by atoms with Crippen LogP contribution in [0.4, 0.5) is 0 Å². The van der Waals surface area contributed by atoms with Gasteiger partial charge >= 0.3 is 5.97 Å². The minimum absolute atomic E-state index is 0.0355. The van der Waals surface area contributed by atoms with E-state index in [1.54, 1.807) is 30.3 Å². The van der Waals surface area contributed by atoms with Crippen LogP contribution in [0, 0.1) is 5.92 Å². The molecule has 1 aromatic rings. The number of guanidine groups is 2. The summed E-state index contributed by atoms with van der Waals surface area (Å²) in [5, 5.41) is 17.6. The number of carbonyl (C=O) groups excluding carboxylic acids is 3. The number of amides is 3. The fourth-order valence-electron chi connectivity index (χ4n) is 4.03. The number of nitrogens with two attached hydrogens (primary N) is 5. The molecular weight excluding hydrogens is 544 g/mol. The minimum atomic E-state index is -1.25. The van der Waals surface area contributed by atoms with Crippen molar-refractivity contribution in [2.45, 2.75) is 76.5 Å². The smallest absolute Gasteiger partial charge is 0.326 e. The molecule has 15 nitrogen and oxygen atoms in total. The highest BCUT2D eigenvalue weighted by atomic mass is 16.4. The van der Waals surface area contributed by atoms with Gasteiger partial charge in [-0.15, -0.1) is 0 Å². The van der Waals surface area contributed by atoms with Crippen LogP contribution in [0.3, 0.4) is 0 Å². The number of carbonyl (C=O) groups is 4. The quantitative estimate of drug-likeness (QED) is 0.0497. The van der Waals surface area contributed by atoms with E-state index < -0.39 is 47.9 Å². The lowest BCUT2D eigenvalue weighted by atomic mass is 10.0. The molecule has 0 aliphatic rings. The van der Waals surface area contributed by atoms with Crippen LogP contribution < -0.4 is 44.6 Å². The molecule has 3 amide bonds. The molecule has 4 atom stereocenters. The average Bonchev–Trinajstić information content (AvgIpc) is 2.91.